The number of nitrogens with one attached hydrogen (secondary N) is 2. The number of carbonyl (C=O) groups excluding carboxylic acids is 4. The molecule has 3 amide bonds. The number of hydrogen-bond acceptors (Lipinski definition) is 13. The monoisotopic (exact) mass is 933 g/mol. The predicted octanol–water partition coefficient (Wildman–Crippen LogP) is 6.29. The van der Waals surface area contributed by atoms with E-state index in [4.69, 9.17) is 24.2 Å². The minimum absolute atomic E-state index is 0.0427. The number of ether oxygens (including phenoxy) is 3. The van der Waals surface area contributed by atoms with Crippen LogP contribution in [-0.4, -0.2) is 117 Å². The maximum atomic E-state index is 14.9. The Morgan fingerprint density at radius 3 is 2.61 bits per heavy atom. The number of aliphatic imine (C=N–C) groups is 1. The molecular formula is C50H63N9O7S. The van der Waals surface area contributed by atoms with Crippen LogP contribution in [0, 0.1) is 23.2 Å². The zero-order chi connectivity index (χ0) is 47.7. The van der Waals surface area contributed by atoms with Gasteiger partial charge in [-0.3, -0.25) is 29.2 Å². The Morgan fingerprint density at radius 1 is 1.16 bits per heavy atom. The van der Waals surface area contributed by atoms with Crippen molar-refractivity contribution in [1.29, 1.82) is 0 Å². The zero-order valence-electron chi connectivity index (χ0n) is 39.8. The third-order valence-corrected chi connectivity index (χ3v) is 14.5. The molecule has 8 rings (SSSR count). The molecule has 0 radical (unpaired) electrons. The van der Waals surface area contributed by atoms with E-state index in [1.54, 1.807) is 36.7 Å². The molecule has 16 nitrogen and oxygen atoms in total. The fourth-order valence-corrected chi connectivity index (χ4v) is 10.8. The smallest absolute Gasteiger partial charge is 0.324 e. The number of likely N-dealkylation sites (tertiary alicyclic amines) is 1. The molecular weight excluding hydrogens is 871 g/mol. The van der Waals surface area contributed by atoms with Gasteiger partial charge >= 0.3 is 5.97 Å². The summed E-state index contributed by atoms with van der Waals surface area (Å²) in [6, 6.07) is 6.00. The van der Waals surface area contributed by atoms with Gasteiger partial charge in [0, 0.05) is 91.3 Å². The number of hydrazine groups is 1. The van der Waals surface area contributed by atoms with Crippen molar-refractivity contribution < 1.29 is 33.4 Å². The van der Waals surface area contributed by atoms with E-state index in [9.17, 15) is 19.2 Å². The summed E-state index contributed by atoms with van der Waals surface area (Å²) < 4.78 is 20.6. The number of hydrogen-bond donors (Lipinski definition) is 2. The number of aryl methyl sites for hydroxylation is 1. The topological polar surface area (TPSA) is 182 Å². The molecule has 17 heteroatoms. The number of thiazole rings is 1. The van der Waals surface area contributed by atoms with Gasteiger partial charge in [0.2, 0.25) is 11.8 Å². The Labute approximate surface area is 396 Å². The van der Waals surface area contributed by atoms with Crippen molar-refractivity contribution in [2.75, 3.05) is 40.0 Å². The minimum Gasteiger partial charge on any atom is -0.464 e. The van der Waals surface area contributed by atoms with Gasteiger partial charge in [0.1, 0.15) is 29.0 Å². The van der Waals surface area contributed by atoms with E-state index in [0.29, 0.717) is 55.4 Å². The summed E-state index contributed by atoms with van der Waals surface area (Å²) in [5.74, 6) is -2.14. The number of cyclic esters (lactones) is 1. The number of nitrogens with zero attached hydrogens (tertiary/aromatic N) is 7. The molecule has 4 aromatic rings. The van der Waals surface area contributed by atoms with Gasteiger partial charge in [-0.15, -0.1) is 11.3 Å². The van der Waals surface area contributed by atoms with E-state index in [1.807, 2.05) is 45.2 Å². The average molecular weight is 934 g/mol. The second-order valence-corrected chi connectivity index (χ2v) is 19.6. The highest BCUT2D eigenvalue weighted by Gasteiger charge is 2.59. The number of aromatic nitrogens is 4. The third kappa shape index (κ3) is 9.47. The summed E-state index contributed by atoms with van der Waals surface area (Å²) >= 11 is 1.35. The van der Waals surface area contributed by atoms with Crippen molar-refractivity contribution >= 4 is 57.7 Å². The lowest BCUT2D eigenvalue weighted by Gasteiger charge is -2.38. The summed E-state index contributed by atoms with van der Waals surface area (Å²) in [6.45, 7) is 20.3. The summed E-state index contributed by atoms with van der Waals surface area (Å²) in [4.78, 5) is 77.4. The first kappa shape index (κ1) is 47.9. The van der Waals surface area contributed by atoms with E-state index in [2.05, 4.69) is 64.8 Å². The van der Waals surface area contributed by atoms with Crippen LogP contribution in [0.25, 0.3) is 27.7 Å². The highest BCUT2D eigenvalue weighted by molar-refractivity contribution is 7.10. The number of benzene rings is 1. The Morgan fingerprint density at radius 2 is 1.93 bits per heavy atom. The lowest BCUT2D eigenvalue weighted by molar-refractivity contribution is -0.156. The largest absolute Gasteiger partial charge is 0.464 e. The molecule has 1 aromatic carbocycles. The summed E-state index contributed by atoms with van der Waals surface area (Å²) in [5.41, 5.74) is 8.76. The maximum Gasteiger partial charge on any atom is 0.324 e. The Bertz CT molecular complexity index is 2580. The third-order valence-electron chi connectivity index (χ3n) is 13.6. The quantitative estimate of drug-likeness (QED) is 0.0926. The van der Waals surface area contributed by atoms with Crippen molar-refractivity contribution in [2.24, 2.45) is 28.2 Å². The fourth-order valence-electron chi connectivity index (χ4n) is 9.90. The van der Waals surface area contributed by atoms with Crippen molar-refractivity contribution in [3.8, 4) is 11.3 Å². The molecule has 3 aromatic heterocycles. The van der Waals surface area contributed by atoms with Gasteiger partial charge in [0.15, 0.2) is 0 Å². The van der Waals surface area contributed by atoms with Crippen molar-refractivity contribution in [3.05, 3.63) is 82.5 Å². The number of amides is 3. The lowest BCUT2D eigenvalue weighted by Crippen LogP contribution is -2.61. The Kier molecular flexibility index (Phi) is 14.2. The number of rotatable bonds is 12. The number of esters is 1. The molecule has 0 unspecified atom stereocenters. The standard InChI is InChI=1S/C50H63N9O7S/c1-10-32(40(51-11-2)29(6)64-9)42-34-23-50(7,8)27-66-49(63)35-16-14-21-59(56-35)48(62)41(43(65-13-4)46-54-36(26-67-46)30-17-18-37(33(34)22-30)58(42)12-3)55-45(60)38-28(5)39(38)47(61)57-24-31(25-57)44-52-19-15-20-53-44/h10-11,15,17-20,22,26,28-29,31,35,38-39,41,43,56H,1,12-14,16,21,23-25,27H2,2-9H3,(H,55,60)/b40-32+,51-11?/t28-,29+,35+,38-,39-,41+,43+/m1/s1. The van der Waals surface area contributed by atoms with Crippen LogP contribution < -0.4 is 10.7 Å². The van der Waals surface area contributed by atoms with Crippen molar-refractivity contribution in [1.82, 2.24) is 40.2 Å². The van der Waals surface area contributed by atoms with E-state index in [1.165, 1.54) is 16.3 Å². The predicted molar refractivity (Wildman–Crippen MR) is 257 cm³/mol. The van der Waals surface area contributed by atoms with Gasteiger partial charge in [0.25, 0.3) is 5.91 Å². The molecule has 1 saturated carbocycles. The molecule has 67 heavy (non-hydrogen) atoms. The van der Waals surface area contributed by atoms with Gasteiger partial charge < -0.3 is 29.0 Å². The fraction of sp³-hybridized carbons (Fsp3) is 0.520. The number of carbonyl (C=O) groups is 4. The summed E-state index contributed by atoms with van der Waals surface area (Å²) in [6.07, 6.45) is 7.17. The molecule has 6 heterocycles. The van der Waals surface area contributed by atoms with Crippen LogP contribution in [0.3, 0.4) is 0 Å². The van der Waals surface area contributed by atoms with E-state index in [-0.39, 0.29) is 43.6 Å². The molecule has 4 aliphatic rings. The molecule has 1 aliphatic carbocycles. The van der Waals surface area contributed by atoms with E-state index >= 15 is 0 Å². The number of allylic oxidation sites excluding steroid dienone is 2. The molecule has 356 valence electrons. The Balaban J connectivity index is 1.18. The first-order valence-electron chi connectivity index (χ1n) is 23.4. The van der Waals surface area contributed by atoms with Crippen molar-refractivity contribution in [3.63, 3.8) is 0 Å². The minimum atomic E-state index is -1.24. The highest BCUT2D eigenvalue weighted by Crippen LogP contribution is 2.49. The molecule has 2 saturated heterocycles. The highest BCUT2D eigenvalue weighted by atomic mass is 32.1. The first-order chi connectivity index (χ1) is 32.2. The van der Waals surface area contributed by atoms with Gasteiger partial charge in [-0.25, -0.2) is 20.4 Å². The van der Waals surface area contributed by atoms with Crippen LogP contribution in [0.5, 0.6) is 0 Å². The van der Waals surface area contributed by atoms with Crippen LogP contribution in [0.2, 0.25) is 0 Å². The summed E-state index contributed by atoms with van der Waals surface area (Å²) in [7, 11) is 1.67. The first-order valence-corrected chi connectivity index (χ1v) is 24.3. The SMILES string of the molecule is C=C/C(=C(\N=CC)[C@H](C)OC)c1c2c3cc(ccc3n1CC)-c1csc(n1)[C@@H](OCC)[C@H](NC(=O)[C@@H]1[C@@H](C)[C@H]1C(=O)N1CC(c3ncccn3)C1)C(=O)N1CCC[C@H](N1)C(=O)OCC(C)(C)C2. The molecule has 6 bridgehead atoms. The number of fused-ring (bicyclic) bond motifs is 6. The Hall–Kier alpha value is -5.62. The molecule has 3 aliphatic heterocycles. The van der Waals surface area contributed by atoms with Crippen LogP contribution in [0.4, 0.5) is 0 Å². The molecule has 7 atom stereocenters. The van der Waals surface area contributed by atoms with Crippen LogP contribution in [0.15, 0.2) is 65.4 Å². The van der Waals surface area contributed by atoms with E-state index < -0.39 is 53.2 Å². The van der Waals surface area contributed by atoms with Crippen LogP contribution >= 0.6 is 11.3 Å². The van der Waals surface area contributed by atoms with Gasteiger partial charge in [-0.1, -0.05) is 39.5 Å². The zero-order valence-corrected chi connectivity index (χ0v) is 40.6. The normalized spacial score (nSPS) is 25.3. The van der Waals surface area contributed by atoms with Crippen LogP contribution in [0.1, 0.15) is 95.4 Å². The van der Waals surface area contributed by atoms with E-state index in [0.717, 1.165) is 39.0 Å². The van der Waals surface area contributed by atoms with Crippen molar-refractivity contribution in [2.45, 2.75) is 104 Å². The van der Waals surface area contributed by atoms with Gasteiger partial charge in [-0.05, 0) is 76.6 Å². The van der Waals surface area contributed by atoms with Crippen LogP contribution in [-0.2, 0) is 46.4 Å². The molecule has 3 fully saturated rings. The molecule has 0 spiro atoms. The number of methoxy groups -OCH3 is 1. The average Bonchev–Trinajstić information content (AvgIpc) is 3.60. The van der Waals surface area contributed by atoms with Gasteiger partial charge in [-0.2, -0.15) is 0 Å². The lowest BCUT2D eigenvalue weighted by atomic mass is 9.84. The summed E-state index contributed by atoms with van der Waals surface area (Å²) in [5, 5.41) is 7.90. The molecule has 2 N–H and O–H groups in total. The second-order valence-electron chi connectivity index (χ2n) is 18.7. The second kappa shape index (κ2) is 19.9. The maximum absolute atomic E-state index is 14.9. The van der Waals surface area contributed by atoms with Gasteiger partial charge in [0.05, 0.1) is 47.5 Å².